The second-order valence-corrected chi connectivity index (χ2v) is 3.77. The zero-order valence-electron chi connectivity index (χ0n) is 10.4. The van der Waals surface area contributed by atoms with Crippen LogP contribution in [0.1, 0.15) is 13.3 Å². The van der Waals surface area contributed by atoms with E-state index in [0.717, 1.165) is 12.1 Å². The molecule has 20 heavy (non-hydrogen) atoms. The minimum atomic E-state index is -1.04. The number of nitro groups is 2. The Bertz CT molecular complexity index is 514. The first-order chi connectivity index (χ1) is 9.42. The van der Waals surface area contributed by atoms with Crippen LogP contribution in [0, 0.1) is 20.2 Å². The van der Waals surface area contributed by atoms with E-state index >= 15 is 0 Å². The van der Waals surface area contributed by atoms with Crippen LogP contribution in [0.25, 0.3) is 0 Å². The highest BCUT2D eigenvalue weighted by molar-refractivity contribution is 5.86. The number of carbonyl (C=O) groups excluding carboxylic acids is 1. The molecular weight excluding hydrogens is 272 g/mol. The van der Waals surface area contributed by atoms with Crippen molar-refractivity contribution >= 4 is 23.0 Å². The van der Waals surface area contributed by atoms with Gasteiger partial charge in [-0.3, -0.25) is 30.2 Å². The van der Waals surface area contributed by atoms with Crippen molar-refractivity contribution in [3.05, 3.63) is 38.4 Å². The van der Waals surface area contributed by atoms with Crippen molar-refractivity contribution < 1.29 is 19.8 Å². The van der Waals surface area contributed by atoms with Crippen molar-refractivity contribution in [1.82, 2.24) is 5.48 Å². The fourth-order valence-electron chi connectivity index (χ4n) is 1.59. The van der Waals surface area contributed by atoms with E-state index in [9.17, 15) is 25.0 Å². The highest BCUT2D eigenvalue weighted by atomic mass is 16.6. The summed E-state index contributed by atoms with van der Waals surface area (Å²) in [6.07, 6.45) is 0.162. The summed E-state index contributed by atoms with van der Waals surface area (Å²) in [5.41, 5.74) is -0.0337. The largest absolute Gasteiger partial charge is 0.362 e. The molecular formula is C10H12N4O6. The molecule has 0 fully saturated rings. The second kappa shape index (κ2) is 6.43. The molecule has 0 saturated carbocycles. The molecule has 0 aliphatic carbocycles. The van der Waals surface area contributed by atoms with Crippen LogP contribution in [-0.2, 0) is 4.79 Å². The van der Waals surface area contributed by atoms with Gasteiger partial charge in [0.15, 0.2) is 5.69 Å². The summed E-state index contributed by atoms with van der Waals surface area (Å²) >= 11 is 0. The molecule has 0 bridgehead atoms. The van der Waals surface area contributed by atoms with Gasteiger partial charge in [-0.25, -0.2) is 5.48 Å². The number of carbonyl (C=O) groups is 1. The Balaban J connectivity index is 3.29. The van der Waals surface area contributed by atoms with E-state index < -0.39 is 33.2 Å². The summed E-state index contributed by atoms with van der Waals surface area (Å²) in [6.45, 7) is 1.58. The number of nitrogens with one attached hydrogen (secondary N) is 2. The highest BCUT2D eigenvalue weighted by Gasteiger charge is 2.28. The fraction of sp³-hybridized carbons (Fsp3) is 0.300. The van der Waals surface area contributed by atoms with Gasteiger partial charge < -0.3 is 5.32 Å². The molecule has 0 aromatic heterocycles. The van der Waals surface area contributed by atoms with Gasteiger partial charge in [0.25, 0.3) is 17.3 Å². The Morgan fingerprint density at radius 2 is 1.80 bits per heavy atom. The number of rotatable bonds is 6. The van der Waals surface area contributed by atoms with Crippen LogP contribution in [-0.4, -0.2) is 27.0 Å². The molecule has 1 amide bonds. The van der Waals surface area contributed by atoms with Crippen LogP contribution in [0.15, 0.2) is 18.2 Å². The van der Waals surface area contributed by atoms with E-state index in [-0.39, 0.29) is 12.1 Å². The number of hydroxylamine groups is 1. The molecule has 1 rings (SSSR count). The first kappa shape index (κ1) is 15.3. The standard InChI is InChI=1S/C10H12N4O6/c1-2-6(10(15)12-16)11-9-7(13(17)18)4-3-5-8(9)14(19)20/h3-6,11,16H,2H2,1H3,(H,12,15). The molecule has 1 atom stereocenters. The molecule has 1 unspecified atom stereocenters. The third-order valence-electron chi connectivity index (χ3n) is 2.57. The van der Waals surface area contributed by atoms with Crippen LogP contribution < -0.4 is 10.8 Å². The molecule has 0 radical (unpaired) electrons. The molecule has 0 saturated heterocycles. The topological polar surface area (TPSA) is 148 Å². The minimum Gasteiger partial charge on any atom is -0.362 e. The van der Waals surface area contributed by atoms with Gasteiger partial charge in [-0.2, -0.15) is 0 Å². The number of nitro benzene ring substituents is 2. The Morgan fingerprint density at radius 3 is 2.15 bits per heavy atom. The predicted molar refractivity (Wildman–Crippen MR) is 67.4 cm³/mol. The third-order valence-corrected chi connectivity index (χ3v) is 2.57. The fourth-order valence-corrected chi connectivity index (χ4v) is 1.59. The van der Waals surface area contributed by atoms with E-state index in [0.29, 0.717) is 0 Å². The molecule has 0 aliphatic heterocycles. The molecule has 1 aromatic carbocycles. The first-order valence-corrected chi connectivity index (χ1v) is 5.54. The number of nitrogens with zero attached hydrogens (tertiary/aromatic N) is 2. The van der Waals surface area contributed by atoms with E-state index in [1.54, 1.807) is 6.92 Å². The van der Waals surface area contributed by atoms with E-state index in [2.05, 4.69) is 5.32 Å². The SMILES string of the molecule is CCC(Nc1c([N+](=O)[O-])cccc1[N+](=O)[O-])C(=O)NO. The maximum Gasteiger partial charge on any atom is 0.299 e. The summed E-state index contributed by atoms with van der Waals surface area (Å²) < 4.78 is 0. The second-order valence-electron chi connectivity index (χ2n) is 3.77. The van der Waals surface area contributed by atoms with Gasteiger partial charge in [0, 0.05) is 12.1 Å². The number of anilines is 1. The lowest BCUT2D eigenvalue weighted by molar-refractivity contribution is -0.392. The van der Waals surface area contributed by atoms with Crippen molar-refractivity contribution in [3.8, 4) is 0 Å². The van der Waals surface area contributed by atoms with Gasteiger partial charge in [0.2, 0.25) is 0 Å². The number of hydrogen-bond donors (Lipinski definition) is 3. The minimum absolute atomic E-state index is 0.162. The van der Waals surface area contributed by atoms with Crippen molar-refractivity contribution in [3.63, 3.8) is 0 Å². The molecule has 0 aliphatic rings. The monoisotopic (exact) mass is 284 g/mol. The Morgan fingerprint density at radius 1 is 1.30 bits per heavy atom. The zero-order chi connectivity index (χ0) is 15.3. The van der Waals surface area contributed by atoms with E-state index in [1.807, 2.05) is 0 Å². The lowest BCUT2D eigenvalue weighted by Crippen LogP contribution is -2.37. The van der Waals surface area contributed by atoms with Gasteiger partial charge in [-0.15, -0.1) is 0 Å². The molecule has 1 aromatic rings. The quantitative estimate of drug-likeness (QED) is 0.403. The maximum absolute atomic E-state index is 11.3. The van der Waals surface area contributed by atoms with Crippen LogP contribution in [0.3, 0.4) is 0 Å². The Hall–Kier alpha value is -2.75. The predicted octanol–water partition coefficient (Wildman–Crippen LogP) is 1.20. The Kier molecular flexibility index (Phi) is 4.92. The molecule has 10 heteroatoms. The van der Waals surface area contributed by atoms with E-state index in [1.165, 1.54) is 11.5 Å². The first-order valence-electron chi connectivity index (χ1n) is 5.54. The summed E-state index contributed by atoms with van der Waals surface area (Å²) in [4.78, 5) is 31.6. The highest BCUT2D eigenvalue weighted by Crippen LogP contribution is 2.34. The van der Waals surface area contributed by atoms with Gasteiger partial charge in [0.05, 0.1) is 9.85 Å². The number of amides is 1. The van der Waals surface area contributed by atoms with Crippen molar-refractivity contribution in [2.75, 3.05) is 5.32 Å². The zero-order valence-corrected chi connectivity index (χ0v) is 10.4. The molecule has 0 heterocycles. The normalized spacial score (nSPS) is 11.5. The van der Waals surface area contributed by atoms with Crippen molar-refractivity contribution in [2.45, 2.75) is 19.4 Å². The lowest BCUT2D eigenvalue weighted by atomic mass is 10.1. The van der Waals surface area contributed by atoms with Crippen LogP contribution in [0.5, 0.6) is 0 Å². The molecule has 108 valence electrons. The summed E-state index contributed by atoms with van der Waals surface area (Å²) in [5, 5.41) is 32.8. The van der Waals surface area contributed by atoms with Crippen molar-refractivity contribution in [2.24, 2.45) is 0 Å². The van der Waals surface area contributed by atoms with Crippen LogP contribution >= 0.6 is 0 Å². The average molecular weight is 284 g/mol. The number of para-hydroxylation sites is 1. The Labute approximate surface area is 112 Å². The van der Waals surface area contributed by atoms with Gasteiger partial charge in [0.1, 0.15) is 6.04 Å². The summed E-state index contributed by atoms with van der Waals surface area (Å²) in [7, 11) is 0. The van der Waals surface area contributed by atoms with Crippen molar-refractivity contribution in [1.29, 1.82) is 0 Å². The molecule has 0 spiro atoms. The lowest BCUT2D eigenvalue weighted by Gasteiger charge is -2.15. The van der Waals surface area contributed by atoms with Crippen LogP contribution in [0.4, 0.5) is 17.1 Å². The molecule has 10 nitrogen and oxygen atoms in total. The van der Waals surface area contributed by atoms with Gasteiger partial charge in [-0.1, -0.05) is 6.92 Å². The number of hydrogen-bond acceptors (Lipinski definition) is 7. The third kappa shape index (κ3) is 3.17. The average Bonchev–Trinajstić information content (AvgIpc) is 2.43. The molecule has 3 N–H and O–H groups in total. The van der Waals surface area contributed by atoms with Gasteiger partial charge >= 0.3 is 0 Å². The smallest absolute Gasteiger partial charge is 0.299 e. The summed E-state index contributed by atoms with van der Waals surface area (Å²) in [5.74, 6) is -0.847. The van der Waals surface area contributed by atoms with Gasteiger partial charge in [-0.05, 0) is 12.5 Å². The maximum atomic E-state index is 11.3. The van der Waals surface area contributed by atoms with Crippen LogP contribution in [0.2, 0.25) is 0 Å². The summed E-state index contributed by atoms with van der Waals surface area (Å²) in [6, 6.07) is 2.30. The van der Waals surface area contributed by atoms with E-state index in [4.69, 9.17) is 5.21 Å². The number of benzene rings is 1.